The minimum atomic E-state index is 0.212. The number of aryl methyl sites for hydroxylation is 2. The van der Waals surface area contributed by atoms with Crippen LogP contribution in [0.15, 0.2) is 18.2 Å². The van der Waals surface area contributed by atoms with E-state index < -0.39 is 0 Å². The molecule has 2 rings (SSSR count). The summed E-state index contributed by atoms with van der Waals surface area (Å²) in [4.78, 5) is 0. The van der Waals surface area contributed by atoms with E-state index in [4.69, 9.17) is 4.74 Å². The van der Waals surface area contributed by atoms with Crippen LogP contribution in [0.1, 0.15) is 31.4 Å². The molecule has 16 heavy (non-hydrogen) atoms. The molecule has 1 fully saturated rings. The summed E-state index contributed by atoms with van der Waals surface area (Å²) in [6.07, 6.45) is 1.37. The van der Waals surface area contributed by atoms with Gasteiger partial charge in [0, 0.05) is 18.5 Å². The van der Waals surface area contributed by atoms with Crippen molar-refractivity contribution in [2.45, 2.75) is 45.8 Å². The molecule has 2 nitrogen and oxygen atoms in total. The van der Waals surface area contributed by atoms with Crippen molar-refractivity contribution in [1.29, 1.82) is 0 Å². The number of hydrogen-bond acceptors (Lipinski definition) is 2. The Labute approximate surface area is 98.0 Å². The van der Waals surface area contributed by atoms with Gasteiger partial charge in [-0.05, 0) is 51.0 Å². The predicted molar refractivity (Wildman–Crippen MR) is 67.0 cm³/mol. The third-order valence-electron chi connectivity index (χ3n) is 3.04. The minimum Gasteiger partial charge on any atom is -0.489 e. The normalized spacial score (nSPS) is 23.4. The average molecular weight is 219 g/mol. The Morgan fingerprint density at radius 1 is 1.19 bits per heavy atom. The van der Waals surface area contributed by atoms with E-state index in [-0.39, 0.29) is 5.54 Å². The van der Waals surface area contributed by atoms with Gasteiger partial charge in [0.15, 0.2) is 0 Å². The van der Waals surface area contributed by atoms with Crippen LogP contribution in [-0.4, -0.2) is 18.2 Å². The maximum absolute atomic E-state index is 6.01. The van der Waals surface area contributed by atoms with Crippen LogP contribution in [-0.2, 0) is 0 Å². The monoisotopic (exact) mass is 219 g/mol. The van der Waals surface area contributed by atoms with Crippen LogP contribution >= 0.6 is 0 Å². The highest BCUT2D eigenvalue weighted by molar-refractivity contribution is 5.33. The summed E-state index contributed by atoms with van der Waals surface area (Å²) in [6.45, 7) is 9.60. The summed E-state index contributed by atoms with van der Waals surface area (Å²) in [6, 6.07) is 6.39. The van der Waals surface area contributed by atoms with Gasteiger partial charge in [0.1, 0.15) is 11.9 Å². The molecule has 1 saturated heterocycles. The summed E-state index contributed by atoms with van der Waals surface area (Å²) in [7, 11) is 0. The van der Waals surface area contributed by atoms with Crippen molar-refractivity contribution >= 4 is 0 Å². The summed E-state index contributed by atoms with van der Waals surface area (Å²) in [5.41, 5.74) is 2.74. The second-order valence-electron chi connectivity index (χ2n) is 5.53. The fourth-order valence-corrected chi connectivity index (χ4v) is 2.38. The van der Waals surface area contributed by atoms with Gasteiger partial charge in [0.05, 0.1) is 0 Å². The van der Waals surface area contributed by atoms with Crippen LogP contribution in [0, 0.1) is 13.8 Å². The molecule has 0 spiro atoms. The molecule has 1 atom stereocenters. The van der Waals surface area contributed by atoms with Gasteiger partial charge in [-0.1, -0.05) is 6.07 Å². The molecule has 1 aliphatic heterocycles. The zero-order valence-electron chi connectivity index (χ0n) is 10.6. The molecule has 1 aliphatic rings. The summed E-state index contributed by atoms with van der Waals surface area (Å²) in [5.74, 6) is 1.00. The third-order valence-corrected chi connectivity index (χ3v) is 3.04. The van der Waals surface area contributed by atoms with Crippen molar-refractivity contribution in [2.75, 3.05) is 6.54 Å². The van der Waals surface area contributed by atoms with E-state index >= 15 is 0 Å². The lowest BCUT2D eigenvalue weighted by Crippen LogP contribution is -2.31. The lowest BCUT2D eigenvalue weighted by molar-refractivity contribution is 0.214. The lowest BCUT2D eigenvalue weighted by atomic mass is 10.0. The molecular formula is C14H21NO. The van der Waals surface area contributed by atoms with E-state index in [1.54, 1.807) is 0 Å². The highest BCUT2D eigenvalue weighted by Gasteiger charge is 2.31. The lowest BCUT2D eigenvalue weighted by Gasteiger charge is -2.18. The molecule has 1 unspecified atom stereocenters. The van der Waals surface area contributed by atoms with Crippen molar-refractivity contribution in [1.82, 2.24) is 5.32 Å². The van der Waals surface area contributed by atoms with Crippen LogP contribution < -0.4 is 10.1 Å². The molecule has 1 aromatic carbocycles. The van der Waals surface area contributed by atoms with E-state index in [2.05, 4.69) is 51.2 Å². The van der Waals surface area contributed by atoms with Crippen molar-refractivity contribution in [3.63, 3.8) is 0 Å². The molecule has 0 saturated carbocycles. The van der Waals surface area contributed by atoms with Crippen molar-refractivity contribution in [2.24, 2.45) is 0 Å². The Morgan fingerprint density at radius 3 is 2.31 bits per heavy atom. The first-order valence-corrected chi connectivity index (χ1v) is 5.95. The van der Waals surface area contributed by atoms with Gasteiger partial charge in [0.25, 0.3) is 0 Å². The van der Waals surface area contributed by atoms with Gasteiger partial charge in [-0.15, -0.1) is 0 Å². The number of benzene rings is 1. The highest BCUT2D eigenvalue weighted by atomic mass is 16.5. The Hall–Kier alpha value is -1.02. The maximum atomic E-state index is 6.01. The van der Waals surface area contributed by atoms with Crippen LogP contribution in [0.3, 0.4) is 0 Å². The molecule has 0 bridgehead atoms. The first-order valence-electron chi connectivity index (χ1n) is 5.95. The highest BCUT2D eigenvalue weighted by Crippen LogP contribution is 2.24. The van der Waals surface area contributed by atoms with Gasteiger partial charge in [0.2, 0.25) is 0 Å². The molecule has 1 aromatic rings. The number of hydrogen-bond donors (Lipinski definition) is 1. The summed E-state index contributed by atoms with van der Waals surface area (Å²) < 4.78 is 6.01. The van der Waals surface area contributed by atoms with Gasteiger partial charge in [-0.3, -0.25) is 0 Å². The molecule has 0 aliphatic carbocycles. The SMILES string of the molecule is Cc1cc(C)cc(OC2CNC(C)(C)C2)c1. The molecule has 0 amide bonds. The van der Waals surface area contributed by atoms with E-state index in [0.717, 1.165) is 18.7 Å². The van der Waals surface area contributed by atoms with E-state index in [1.807, 2.05) is 0 Å². The third kappa shape index (κ3) is 2.76. The van der Waals surface area contributed by atoms with Gasteiger partial charge in [-0.2, -0.15) is 0 Å². The molecule has 88 valence electrons. The van der Waals surface area contributed by atoms with Crippen molar-refractivity contribution < 1.29 is 4.74 Å². The Bertz CT molecular complexity index is 364. The molecule has 0 aromatic heterocycles. The first kappa shape index (κ1) is 11.5. The van der Waals surface area contributed by atoms with Gasteiger partial charge in [-0.25, -0.2) is 0 Å². The van der Waals surface area contributed by atoms with E-state index in [1.165, 1.54) is 11.1 Å². The molecule has 1 N–H and O–H groups in total. The van der Waals surface area contributed by atoms with E-state index in [0.29, 0.717) is 6.10 Å². The standard InChI is InChI=1S/C14H21NO/c1-10-5-11(2)7-12(6-10)16-13-8-14(3,4)15-9-13/h5-7,13,15H,8-9H2,1-4H3. The smallest absolute Gasteiger partial charge is 0.120 e. The quantitative estimate of drug-likeness (QED) is 0.826. The number of ether oxygens (including phenoxy) is 1. The summed E-state index contributed by atoms with van der Waals surface area (Å²) in [5, 5.41) is 3.47. The topological polar surface area (TPSA) is 21.3 Å². The predicted octanol–water partition coefficient (Wildman–Crippen LogP) is 2.82. The molecule has 0 radical (unpaired) electrons. The zero-order chi connectivity index (χ0) is 11.8. The maximum Gasteiger partial charge on any atom is 0.120 e. The summed E-state index contributed by atoms with van der Waals surface area (Å²) >= 11 is 0. The molecule has 2 heteroatoms. The molecule has 1 heterocycles. The molecular weight excluding hydrogens is 198 g/mol. The second kappa shape index (κ2) is 4.10. The largest absolute Gasteiger partial charge is 0.489 e. The Balaban J connectivity index is 2.05. The van der Waals surface area contributed by atoms with Crippen LogP contribution in [0.2, 0.25) is 0 Å². The number of nitrogens with one attached hydrogen (secondary N) is 1. The Morgan fingerprint density at radius 2 is 1.81 bits per heavy atom. The fourth-order valence-electron chi connectivity index (χ4n) is 2.38. The van der Waals surface area contributed by atoms with Gasteiger partial charge < -0.3 is 10.1 Å². The fraction of sp³-hybridized carbons (Fsp3) is 0.571. The van der Waals surface area contributed by atoms with Crippen LogP contribution in [0.25, 0.3) is 0 Å². The van der Waals surface area contributed by atoms with Crippen LogP contribution in [0.5, 0.6) is 5.75 Å². The zero-order valence-corrected chi connectivity index (χ0v) is 10.6. The Kier molecular flexibility index (Phi) is 2.94. The average Bonchev–Trinajstić information content (AvgIpc) is 2.43. The minimum absolute atomic E-state index is 0.212. The van der Waals surface area contributed by atoms with E-state index in [9.17, 15) is 0 Å². The van der Waals surface area contributed by atoms with Crippen molar-refractivity contribution in [3.05, 3.63) is 29.3 Å². The van der Waals surface area contributed by atoms with Crippen LogP contribution in [0.4, 0.5) is 0 Å². The van der Waals surface area contributed by atoms with Gasteiger partial charge >= 0.3 is 0 Å². The first-order chi connectivity index (χ1) is 7.44. The van der Waals surface area contributed by atoms with Crippen molar-refractivity contribution in [3.8, 4) is 5.75 Å². The second-order valence-corrected chi connectivity index (χ2v) is 5.53. The number of rotatable bonds is 2.